The molecule has 28 heavy (non-hydrogen) atoms. The van der Waals surface area contributed by atoms with E-state index in [0.29, 0.717) is 31.2 Å². The summed E-state index contributed by atoms with van der Waals surface area (Å²) in [7, 11) is 1.37. The highest BCUT2D eigenvalue weighted by atomic mass is 19.4. The molecule has 1 aliphatic heterocycles. The van der Waals surface area contributed by atoms with E-state index in [4.69, 9.17) is 4.74 Å². The Morgan fingerprint density at radius 3 is 2.82 bits per heavy atom. The van der Waals surface area contributed by atoms with Gasteiger partial charge in [0.25, 0.3) is 0 Å². The summed E-state index contributed by atoms with van der Waals surface area (Å²) in [6.07, 6.45) is -3.04. The maximum absolute atomic E-state index is 12.3. The zero-order valence-corrected chi connectivity index (χ0v) is 16.1. The molecule has 2 atom stereocenters. The molecule has 0 saturated carbocycles. The number of aromatic nitrogens is 1. The van der Waals surface area contributed by atoms with E-state index in [1.807, 2.05) is 18.7 Å². The average Bonchev–Trinajstić information content (AvgIpc) is 3.04. The minimum Gasteiger partial charge on any atom is -0.469 e. The maximum Gasteiger partial charge on any atom is 0.422 e. The first kappa shape index (κ1) is 21.8. The Balaban J connectivity index is 2.06. The highest BCUT2D eigenvalue weighted by molar-refractivity contribution is 5.82. The first-order valence-corrected chi connectivity index (χ1v) is 8.99. The van der Waals surface area contributed by atoms with E-state index >= 15 is 0 Å². The minimum absolute atomic E-state index is 0.101. The van der Waals surface area contributed by atoms with Gasteiger partial charge in [0.05, 0.1) is 19.6 Å². The van der Waals surface area contributed by atoms with Crippen LogP contribution in [0.5, 0.6) is 5.88 Å². The number of methoxy groups -OCH3 is 1. The molecule has 7 nitrogen and oxygen atoms in total. The summed E-state index contributed by atoms with van der Waals surface area (Å²) in [5.41, 5.74) is 0.666. The summed E-state index contributed by atoms with van der Waals surface area (Å²) in [5, 5.41) is 3.18. The molecule has 2 rings (SSSR count). The second-order valence-corrected chi connectivity index (χ2v) is 6.59. The summed E-state index contributed by atoms with van der Waals surface area (Å²) in [6, 6.07) is 3.10. The van der Waals surface area contributed by atoms with Gasteiger partial charge in [-0.05, 0) is 24.5 Å². The van der Waals surface area contributed by atoms with Crippen molar-refractivity contribution >= 4 is 11.9 Å². The number of ether oxygens (including phenoxy) is 2. The number of hydrogen-bond donors (Lipinski definition) is 1. The number of guanidine groups is 1. The smallest absolute Gasteiger partial charge is 0.422 e. The fourth-order valence-corrected chi connectivity index (χ4v) is 2.97. The van der Waals surface area contributed by atoms with Crippen LogP contribution in [0.2, 0.25) is 0 Å². The summed E-state index contributed by atoms with van der Waals surface area (Å²) in [4.78, 5) is 22.2. The summed E-state index contributed by atoms with van der Waals surface area (Å²) in [5.74, 6) is 0.189. The van der Waals surface area contributed by atoms with Crippen molar-refractivity contribution in [3.05, 3.63) is 23.9 Å². The standard InChI is InChI=1S/C18H25F3N4O3/c1-4-22-17(25-9-12(2)14(10-25)16(26)27-3)24-8-13-5-6-23-15(7-13)28-11-18(19,20)21/h5-7,12,14H,4,8-11H2,1-3H3,(H,22,24). The van der Waals surface area contributed by atoms with Gasteiger partial charge in [-0.25, -0.2) is 9.98 Å². The van der Waals surface area contributed by atoms with Gasteiger partial charge in [-0.15, -0.1) is 0 Å². The molecule has 10 heteroatoms. The summed E-state index contributed by atoms with van der Waals surface area (Å²) >= 11 is 0. The molecule has 2 heterocycles. The molecule has 0 radical (unpaired) electrons. The van der Waals surface area contributed by atoms with Gasteiger partial charge in [0.2, 0.25) is 5.88 Å². The van der Waals surface area contributed by atoms with Crippen LogP contribution in [0.25, 0.3) is 0 Å². The van der Waals surface area contributed by atoms with Crippen LogP contribution < -0.4 is 10.1 Å². The number of rotatable bonds is 6. The molecule has 1 aliphatic rings. The van der Waals surface area contributed by atoms with Crippen molar-refractivity contribution in [2.24, 2.45) is 16.8 Å². The number of likely N-dealkylation sites (tertiary alicyclic amines) is 1. The molecular formula is C18H25F3N4O3. The van der Waals surface area contributed by atoms with Crippen molar-refractivity contribution in [3.63, 3.8) is 0 Å². The zero-order chi connectivity index (χ0) is 20.7. The topological polar surface area (TPSA) is 76.1 Å². The van der Waals surface area contributed by atoms with Crippen molar-refractivity contribution < 1.29 is 27.4 Å². The number of halogens is 3. The Morgan fingerprint density at radius 2 is 2.18 bits per heavy atom. The van der Waals surface area contributed by atoms with Crippen LogP contribution in [0.3, 0.4) is 0 Å². The number of carbonyl (C=O) groups is 1. The lowest BCUT2D eigenvalue weighted by Gasteiger charge is -2.21. The molecule has 0 amide bonds. The molecule has 0 aromatic carbocycles. The molecule has 1 aromatic heterocycles. The van der Waals surface area contributed by atoms with E-state index in [0.717, 1.165) is 0 Å². The third-order valence-corrected chi connectivity index (χ3v) is 4.35. The van der Waals surface area contributed by atoms with E-state index in [1.54, 1.807) is 6.07 Å². The van der Waals surface area contributed by atoms with Crippen LogP contribution in [0.1, 0.15) is 19.4 Å². The van der Waals surface area contributed by atoms with Crippen LogP contribution in [0, 0.1) is 11.8 Å². The van der Waals surface area contributed by atoms with Crippen molar-refractivity contribution in [2.75, 3.05) is 33.4 Å². The Bertz CT molecular complexity index is 697. The third-order valence-electron chi connectivity index (χ3n) is 4.35. The van der Waals surface area contributed by atoms with E-state index in [1.165, 1.54) is 19.4 Å². The minimum atomic E-state index is -4.42. The lowest BCUT2D eigenvalue weighted by atomic mass is 9.99. The SMILES string of the molecule is CCNC(=NCc1ccnc(OCC(F)(F)F)c1)N1CC(C)C(C(=O)OC)C1. The summed E-state index contributed by atoms with van der Waals surface area (Å²) in [6.45, 7) is 4.55. The number of alkyl halides is 3. The number of hydrogen-bond acceptors (Lipinski definition) is 5. The molecule has 0 bridgehead atoms. The van der Waals surface area contributed by atoms with Crippen LogP contribution in [-0.4, -0.2) is 61.3 Å². The second kappa shape index (κ2) is 9.61. The Hall–Kier alpha value is -2.52. The highest BCUT2D eigenvalue weighted by Gasteiger charge is 2.36. The van der Waals surface area contributed by atoms with Gasteiger partial charge in [0.15, 0.2) is 12.6 Å². The monoisotopic (exact) mass is 402 g/mol. The quantitative estimate of drug-likeness (QED) is 0.447. The van der Waals surface area contributed by atoms with E-state index in [9.17, 15) is 18.0 Å². The van der Waals surface area contributed by atoms with Gasteiger partial charge < -0.3 is 19.7 Å². The molecule has 0 aliphatic carbocycles. The van der Waals surface area contributed by atoms with Crippen molar-refractivity contribution in [1.29, 1.82) is 0 Å². The number of aliphatic imine (C=N–C) groups is 1. The van der Waals surface area contributed by atoms with Crippen LogP contribution in [0.4, 0.5) is 13.2 Å². The van der Waals surface area contributed by atoms with Gasteiger partial charge in [-0.1, -0.05) is 6.92 Å². The van der Waals surface area contributed by atoms with Gasteiger partial charge in [0, 0.05) is 31.9 Å². The van der Waals surface area contributed by atoms with Crippen molar-refractivity contribution in [1.82, 2.24) is 15.2 Å². The number of nitrogens with one attached hydrogen (secondary N) is 1. The molecular weight excluding hydrogens is 377 g/mol. The molecule has 0 spiro atoms. The predicted molar refractivity (Wildman–Crippen MR) is 96.8 cm³/mol. The van der Waals surface area contributed by atoms with E-state index < -0.39 is 12.8 Å². The fourth-order valence-electron chi connectivity index (χ4n) is 2.97. The highest BCUT2D eigenvalue weighted by Crippen LogP contribution is 2.24. The zero-order valence-electron chi connectivity index (χ0n) is 16.1. The van der Waals surface area contributed by atoms with Crippen LogP contribution >= 0.6 is 0 Å². The number of pyridine rings is 1. The molecule has 1 N–H and O–H groups in total. The molecule has 156 valence electrons. The van der Waals surface area contributed by atoms with Crippen LogP contribution in [0.15, 0.2) is 23.3 Å². The average molecular weight is 402 g/mol. The van der Waals surface area contributed by atoms with E-state index in [2.05, 4.69) is 20.0 Å². The normalized spacial score (nSPS) is 20.2. The molecule has 1 fully saturated rings. The van der Waals surface area contributed by atoms with Gasteiger partial charge in [-0.3, -0.25) is 4.79 Å². The largest absolute Gasteiger partial charge is 0.469 e. The molecule has 1 aromatic rings. The lowest BCUT2D eigenvalue weighted by Crippen LogP contribution is -2.40. The number of esters is 1. The Morgan fingerprint density at radius 1 is 1.43 bits per heavy atom. The van der Waals surface area contributed by atoms with Gasteiger partial charge in [-0.2, -0.15) is 13.2 Å². The first-order chi connectivity index (χ1) is 13.2. The third kappa shape index (κ3) is 6.28. The fraction of sp³-hybridized carbons (Fsp3) is 0.611. The van der Waals surface area contributed by atoms with Crippen molar-refractivity contribution in [3.8, 4) is 5.88 Å². The Kier molecular flexibility index (Phi) is 7.47. The lowest BCUT2D eigenvalue weighted by molar-refractivity contribution is -0.154. The predicted octanol–water partition coefficient (Wildman–Crippen LogP) is 2.23. The number of nitrogens with zero attached hydrogens (tertiary/aromatic N) is 3. The second-order valence-electron chi connectivity index (χ2n) is 6.59. The molecule has 2 unspecified atom stereocenters. The first-order valence-electron chi connectivity index (χ1n) is 8.99. The maximum atomic E-state index is 12.3. The Labute approximate surface area is 161 Å². The van der Waals surface area contributed by atoms with Gasteiger partial charge >= 0.3 is 12.1 Å². The van der Waals surface area contributed by atoms with E-state index in [-0.39, 0.29) is 30.2 Å². The van der Waals surface area contributed by atoms with Crippen LogP contribution in [-0.2, 0) is 16.1 Å². The van der Waals surface area contributed by atoms with Gasteiger partial charge in [0.1, 0.15) is 0 Å². The number of carbonyl (C=O) groups excluding carboxylic acids is 1. The summed E-state index contributed by atoms with van der Waals surface area (Å²) < 4.78 is 46.4. The van der Waals surface area contributed by atoms with Crippen molar-refractivity contribution in [2.45, 2.75) is 26.6 Å². The molecule has 1 saturated heterocycles.